The van der Waals surface area contributed by atoms with Gasteiger partial charge in [-0.25, -0.2) is 4.98 Å². The van der Waals surface area contributed by atoms with Crippen molar-refractivity contribution >= 4 is 17.3 Å². The molecule has 0 atom stereocenters. The summed E-state index contributed by atoms with van der Waals surface area (Å²) >= 11 is 5.99. The second-order valence-electron chi connectivity index (χ2n) is 4.13. The van der Waals surface area contributed by atoms with Crippen molar-refractivity contribution < 1.29 is 0 Å². The van der Waals surface area contributed by atoms with Crippen molar-refractivity contribution in [2.45, 2.75) is 20.4 Å². The summed E-state index contributed by atoms with van der Waals surface area (Å²) in [6.45, 7) is 4.97. The smallest absolute Gasteiger partial charge is 0.152 e. The van der Waals surface area contributed by atoms with Gasteiger partial charge in [0.15, 0.2) is 5.15 Å². The minimum atomic E-state index is 0.512. The third-order valence-corrected chi connectivity index (χ3v) is 3.03. The van der Waals surface area contributed by atoms with E-state index in [-0.39, 0.29) is 0 Å². The number of nitrogens with one attached hydrogen (secondary N) is 1. The van der Waals surface area contributed by atoms with Crippen LogP contribution in [0.3, 0.4) is 0 Å². The lowest BCUT2D eigenvalue weighted by Gasteiger charge is -2.10. The molecule has 88 valence electrons. The van der Waals surface area contributed by atoms with E-state index in [4.69, 9.17) is 11.6 Å². The molecule has 0 saturated carbocycles. The second kappa shape index (κ2) is 5.19. The predicted octanol–water partition coefficient (Wildman–Crippen LogP) is 3.96. The molecule has 0 fully saturated rings. The molecule has 0 bridgehead atoms. The first-order chi connectivity index (χ1) is 8.16. The molecule has 3 heteroatoms. The molecule has 1 aromatic carbocycles. The first-order valence-corrected chi connectivity index (χ1v) is 5.95. The topological polar surface area (TPSA) is 24.9 Å². The van der Waals surface area contributed by atoms with Crippen LogP contribution in [0.2, 0.25) is 5.15 Å². The van der Waals surface area contributed by atoms with E-state index in [1.165, 1.54) is 16.7 Å². The van der Waals surface area contributed by atoms with Crippen molar-refractivity contribution in [2.24, 2.45) is 0 Å². The van der Waals surface area contributed by atoms with Gasteiger partial charge in [0.05, 0.1) is 5.69 Å². The summed E-state index contributed by atoms with van der Waals surface area (Å²) in [4.78, 5) is 4.03. The molecule has 0 aliphatic rings. The molecule has 0 amide bonds. The third-order valence-electron chi connectivity index (χ3n) is 2.73. The Morgan fingerprint density at radius 3 is 2.82 bits per heavy atom. The fourth-order valence-corrected chi connectivity index (χ4v) is 1.89. The summed E-state index contributed by atoms with van der Waals surface area (Å²) in [6.07, 6.45) is 1.69. The number of anilines is 1. The van der Waals surface area contributed by atoms with Gasteiger partial charge in [0.2, 0.25) is 0 Å². The van der Waals surface area contributed by atoms with Gasteiger partial charge in [-0.3, -0.25) is 0 Å². The Bertz CT molecular complexity index is 523. The lowest BCUT2D eigenvalue weighted by atomic mass is 10.1. The number of pyridine rings is 1. The van der Waals surface area contributed by atoms with Gasteiger partial charge in [-0.1, -0.05) is 35.4 Å². The van der Waals surface area contributed by atoms with Crippen LogP contribution in [0.5, 0.6) is 0 Å². The van der Waals surface area contributed by atoms with Gasteiger partial charge in [-0.2, -0.15) is 0 Å². The molecular weight excluding hydrogens is 232 g/mol. The van der Waals surface area contributed by atoms with E-state index in [0.29, 0.717) is 5.15 Å². The number of hydrogen-bond donors (Lipinski definition) is 1. The van der Waals surface area contributed by atoms with E-state index in [9.17, 15) is 0 Å². The van der Waals surface area contributed by atoms with E-state index in [2.05, 4.69) is 42.3 Å². The molecule has 17 heavy (non-hydrogen) atoms. The minimum absolute atomic E-state index is 0.512. The molecule has 0 aliphatic heterocycles. The maximum Gasteiger partial charge on any atom is 0.152 e. The molecule has 0 saturated heterocycles. The van der Waals surface area contributed by atoms with Crippen molar-refractivity contribution in [1.82, 2.24) is 4.98 Å². The number of nitrogens with zero attached hydrogens (tertiary/aromatic N) is 1. The lowest BCUT2D eigenvalue weighted by Crippen LogP contribution is -2.02. The monoisotopic (exact) mass is 246 g/mol. The average Bonchev–Trinajstić information content (AvgIpc) is 2.32. The van der Waals surface area contributed by atoms with Crippen molar-refractivity contribution in [3.8, 4) is 0 Å². The quantitative estimate of drug-likeness (QED) is 0.829. The predicted molar refractivity (Wildman–Crippen MR) is 72.5 cm³/mol. The van der Waals surface area contributed by atoms with E-state index in [0.717, 1.165) is 12.2 Å². The Labute approximate surface area is 107 Å². The van der Waals surface area contributed by atoms with Crippen molar-refractivity contribution in [2.75, 3.05) is 5.32 Å². The van der Waals surface area contributed by atoms with Gasteiger partial charge in [0, 0.05) is 12.7 Å². The molecule has 1 heterocycles. The van der Waals surface area contributed by atoms with E-state index >= 15 is 0 Å². The van der Waals surface area contributed by atoms with Crippen LogP contribution >= 0.6 is 11.6 Å². The summed E-state index contributed by atoms with van der Waals surface area (Å²) in [5.74, 6) is 0. The maximum atomic E-state index is 5.99. The summed E-state index contributed by atoms with van der Waals surface area (Å²) < 4.78 is 0. The molecule has 1 aromatic heterocycles. The van der Waals surface area contributed by atoms with Crippen LogP contribution in [0.4, 0.5) is 5.69 Å². The SMILES string of the molecule is Cc1ccc(C)c(CNc2cccnc2Cl)c1. The fourth-order valence-electron chi connectivity index (χ4n) is 1.70. The highest BCUT2D eigenvalue weighted by atomic mass is 35.5. The highest BCUT2D eigenvalue weighted by Crippen LogP contribution is 2.19. The summed E-state index contributed by atoms with van der Waals surface area (Å²) in [5.41, 5.74) is 4.70. The van der Waals surface area contributed by atoms with Gasteiger partial charge < -0.3 is 5.32 Å². The van der Waals surface area contributed by atoms with Gasteiger partial charge in [-0.05, 0) is 37.1 Å². The first-order valence-electron chi connectivity index (χ1n) is 5.57. The number of benzene rings is 1. The second-order valence-corrected chi connectivity index (χ2v) is 4.48. The number of aryl methyl sites for hydroxylation is 2. The van der Waals surface area contributed by atoms with Crippen LogP contribution in [-0.2, 0) is 6.54 Å². The molecule has 0 unspecified atom stereocenters. The van der Waals surface area contributed by atoms with E-state index < -0.39 is 0 Å². The Kier molecular flexibility index (Phi) is 3.64. The molecule has 2 aromatic rings. The molecule has 2 rings (SSSR count). The summed E-state index contributed by atoms with van der Waals surface area (Å²) in [5, 5.41) is 3.81. The van der Waals surface area contributed by atoms with Crippen molar-refractivity contribution in [1.29, 1.82) is 0 Å². The molecule has 0 aliphatic carbocycles. The molecular formula is C14H15ClN2. The highest BCUT2D eigenvalue weighted by molar-refractivity contribution is 6.31. The van der Waals surface area contributed by atoms with Crippen LogP contribution in [0, 0.1) is 13.8 Å². The highest BCUT2D eigenvalue weighted by Gasteiger charge is 2.02. The number of halogens is 1. The molecule has 0 radical (unpaired) electrons. The molecule has 1 N–H and O–H groups in total. The Balaban J connectivity index is 2.12. The Morgan fingerprint density at radius 1 is 1.24 bits per heavy atom. The van der Waals surface area contributed by atoms with Gasteiger partial charge in [-0.15, -0.1) is 0 Å². The standard InChI is InChI=1S/C14H15ClN2/c1-10-5-6-11(2)12(8-10)9-17-13-4-3-7-16-14(13)15/h3-8,17H,9H2,1-2H3. The normalized spacial score (nSPS) is 10.3. The third kappa shape index (κ3) is 2.98. The van der Waals surface area contributed by atoms with Crippen LogP contribution < -0.4 is 5.32 Å². The number of hydrogen-bond acceptors (Lipinski definition) is 2. The lowest BCUT2D eigenvalue weighted by molar-refractivity contribution is 1.10. The minimum Gasteiger partial charge on any atom is -0.378 e. The van der Waals surface area contributed by atoms with E-state index in [1.54, 1.807) is 6.20 Å². The number of aromatic nitrogens is 1. The Morgan fingerprint density at radius 2 is 2.06 bits per heavy atom. The van der Waals surface area contributed by atoms with Crippen LogP contribution in [-0.4, -0.2) is 4.98 Å². The molecule has 2 nitrogen and oxygen atoms in total. The van der Waals surface area contributed by atoms with Crippen molar-refractivity contribution in [3.05, 3.63) is 58.4 Å². The largest absolute Gasteiger partial charge is 0.378 e. The molecule has 0 spiro atoms. The zero-order valence-electron chi connectivity index (χ0n) is 10.00. The van der Waals surface area contributed by atoms with Crippen molar-refractivity contribution in [3.63, 3.8) is 0 Å². The zero-order chi connectivity index (χ0) is 12.3. The van der Waals surface area contributed by atoms with Gasteiger partial charge >= 0.3 is 0 Å². The Hall–Kier alpha value is -1.54. The zero-order valence-corrected chi connectivity index (χ0v) is 10.8. The number of rotatable bonds is 3. The van der Waals surface area contributed by atoms with E-state index in [1.807, 2.05) is 12.1 Å². The average molecular weight is 247 g/mol. The van der Waals surface area contributed by atoms with Gasteiger partial charge in [0.1, 0.15) is 0 Å². The van der Waals surface area contributed by atoms with Crippen LogP contribution in [0.15, 0.2) is 36.5 Å². The maximum absolute atomic E-state index is 5.99. The van der Waals surface area contributed by atoms with Crippen LogP contribution in [0.25, 0.3) is 0 Å². The van der Waals surface area contributed by atoms with Gasteiger partial charge in [0.25, 0.3) is 0 Å². The van der Waals surface area contributed by atoms with Crippen LogP contribution in [0.1, 0.15) is 16.7 Å². The fraction of sp³-hybridized carbons (Fsp3) is 0.214. The summed E-state index contributed by atoms with van der Waals surface area (Å²) in [6, 6.07) is 10.2. The first kappa shape index (κ1) is 11.9. The summed E-state index contributed by atoms with van der Waals surface area (Å²) in [7, 11) is 0.